The van der Waals surface area contributed by atoms with E-state index in [0.29, 0.717) is 6.54 Å². The molecule has 0 amide bonds. The summed E-state index contributed by atoms with van der Waals surface area (Å²) in [6, 6.07) is 0. The molecule has 0 aliphatic heterocycles. The molecule has 86 valence electrons. The number of aromatic nitrogens is 4. The first-order chi connectivity index (χ1) is 7.33. The maximum Gasteiger partial charge on any atom is 0.180 e. The Balaban J connectivity index is 2.68. The summed E-state index contributed by atoms with van der Waals surface area (Å²) in [7, 11) is 1.68. The first-order valence-electron chi connectivity index (χ1n) is 5.32. The molecule has 0 saturated carbocycles. The number of rotatable bonds is 7. The zero-order valence-electron chi connectivity index (χ0n) is 9.39. The number of nitrogens with two attached hydrogens (primary N) is 1. The summed E-state index contributed by atoms with van der Waals surface area (Å²) in [4.78, 5) is 0. The van der Waals surface area contributed by atoms with Crippen LogP contribution in [-0.2, 0) is 11.3 Å². The van der Waals surface area contributed by atoms with Crippen LogP contribution in [0.4, 0.5) is 0 Å². The van der Waals surface area contributed by atoms with Gasteiger partial charge >= 0.3 is 0 Å². The minimum atomic E-state index is -0.0113. The molecule has 0 aliphatic rings. The largest absolute Gasteiger partial charge is 0.373 e. The Kier molecular flexibility index (Phi) is 5.20. The van der Waals surface area contributed by atoms with Crippen molar-refractivity contribution >= 4 is 0 Å². The average Bonchev–Trinajstić information content (AvgIpc) is 2.71. The number of ether oxygens (including phenoxy) is 1. The fourth-order valence-corrected chi connectivity index (χ4v) is 1.46. The summed E-state index contributed by atoms with van der Waals surface area (Å²) in [6.07, 6.45) is 2.84. The van der Waals surface area contributed by atoms with E-state index >= 15 is 0 Å². The van der Waals surface area contributed by atoms with Crippen LogP contribution < -0.4 is 5.73 Å². The number of methoxy groups -OCH3 is 1. The van der Waals surface area contributed by atoms with E-state index in [1.807, 2.05) is 0 Å². The van der Waals surface area contributed by atoms with Crippen LogP contribution in [0.15, 0.2) is 0 Å². The van der Waals surface area contributed by atoms with Crippen molar-refractivity contribution in [2.45, 2.75) is 38.8 Å². The van der Waals surface area contributed by atoms with Crippen molar-refractivity contribution in [1.82, 2.24) is 20.2 Å². The van der Waals surface area contributed by atoms with E-state index in [4.69, 9.17) is 10.5 Å². The predicted octanol–water partition coefficient (Wildman–Crippen LogP) is 0.509. The lowest BCUT2D eigenvalue weighted by atomic mass is 10.2. The molecule has 0 saturated heterocycles. The molecule has 0 fully saturated rings. The highest BCUT2D eigenvalue weighted by Crippen LogP contribution is 2.18. The Morgan fingerprint density at radius 1 is 1.53 bits per heavy atom. The fraction of sp³-hybridized carbons (Fsp3) is 0.889. The lowest BCUT2D eigenvalue weighted by Gasteiger charge is -2.13. The molecule has 1 aromatic rings. The van der Waals surface area contributed by atoms with Gasteiger partial charge in [-0.15, -0.1) is 5.10 Å². The van der Waals surface area contributed by atoms with Crippen LogP contribution >= 0.6 is 0 Å². The maximum atomic E-state index is 5.45. The van der Waals surface area contributed by atoms with Gasteiger partial charge in [0.15, 0.2) is 5.82 Å². The van der Waals surface area contributed by atoms with Crippen LogP contribution in [0.5, 0.6) is 0 Å². The summed E-state index contributed by atoms with van der Waals surface area (Å²) in [5, 5.41) is 11.6. The Morgan fingerprint density at radius 3 is 2.93 bits per heavy atom. The van der Waals surface area contributed by atoms with Crippen LogP contribution in [0.3, 0.4) is 0 Å². The second-order valence-electron chi connectivity index (χ2n) is 3.42. The van der Waals surface area contributed by atoms with Gasteiger partial charge in [0.2, 0.25) is 0 Å². The van der Waals surface area contributed by atoms with E-state index in [-0.39, 0.29) is 6.10 Å². The first kappa shape index (κ1) is 12.1. The van der Waals surface area contributed by atoms with Gasteiger partial charge in [0.1, 0.15) is 6.10 Å². The highest BCUT2D eigenvalue weighted by molar-refractivity contribution is 4.87. The molecular formula is C9H19N5O. The van der Waals surface area contributed by atoms with Crippen molar-refractivity contribution in [3.63, 3.8) is 0 Å². The Hall–Kier alpha value is -1.01. The van der Waals surface area contributed by atoms with E-state index in [1.54, 1.807) is 11.8 Å². The van der Waals surface area contributed by atoms with E-state index in [0.717, 1.165) is 31.6 Å². The van der Waals surface area contributed by atoms with Gasteiger partial charge in [0, 0.05) is 13.7 Å². The number of hydrogen-bond acceptors (Lipinski definition) is 5. The van der Waals surface area contributed by atoms with Crippen molar-refractivity contribution in [3.05, 3.63) is 5.82 Å². The number of hydrogen-bond donors (Lipinski definition) is 1. The van der Waals surface area contributed by atoms with Gasteiger partial charge in [0.25, 0.3) is 0 Å². The molecule has 1 heterocycles. The topological polar surface area (TPSA) is 78.9 Å². The Morgan fingerprint density at radius 2 is 2.33 bits per heavy atom. The average molecular weight is 213 g/mol. The van der Waals surface area contributed by atoms with Crippen LogP contribution in [0, 0.1) is 0 Å². The molecule has 0 bridgehead atoms. The van der Waals surface area contributed by atoms with E-state index < -0.39 is 0 Å². The van der Waals surface area contributed by atoms with Crippen LogP contribution in [0.25, 0.3) is 0 Å². The molecule has 1 aromatic heterocycles. The minimum Gasteiger partial charge on any atom is -0.373 e. The van der Waals surface area contributed by atoms with Crippen LogP contribution in [-0.4, -0.2) is 33.9 Å². The molecule has 6 nitrogen and oxygen atoms in total. The Bertz CT molecular complexity index is 275. The Labute approximate surface area is 89.8 Å². The lowest BCUT2D eigenvalue weighted by Crippen LogP contribution is -2.14. The number of nitrogens with zero attached hydrogens (tertiary/aromatic N) is 4. The molecule has 1 rings (SSSR count). The maximum absolute atomic E-state index is 5.45. The molecule has 1 atom stereocenters. The molecule has 1 unspecified atom stereocenters. The SMILES string of the molecule is CCCC(OC)c1nnnn1CCCN. The quantitative estimate of drug-likeness (QED) is 0.714. The second-order valence-corrected chi connectivity index (χ2v) is 3.42. The molecule has 0 spiro atoms. The summed E-state index contributed by atoms with van der Waals surface area (Å²) < 4.78 is 7.14. The zero-order chi connectivity index (χ0) is 11.1. The summed E-state index contributed by atoms with van der Waals surface area (Å²) in [6.45, 7) is 3.51. The third-order valence-electron chi connectivity index (χ3n) is 2.26. The monoisotopic (exact) mass is 213 g/mol. The first-order valence-corrected chi connectivity index (χ1v) is 5.32. The van der Waals surface area contributed by atoms with Gasteiger partial charge in [0.05, 0.1) is 0 Å². The highest BCUT2D eigenvalue weighted by atomic mass is 16.5. The van der Waals surface area contributed by atoms with Crippen molar-refractivity contribution in [2.24, 2.45) is 5.73 Å². The van der Waals surface area contributed by atoms with E-state index in [1.165, 1.54) is 0 Å². The van der Waals surface area contributed by atoms with Crippen molar-refractivity contribution in [2.75, 3.05) is 13.7 Å². The second kappa shape index (κ2) is 6.47. The van der Waals surface area contributed by atoms with Gasteiger partial charge in [-0.2, -0.15) is 0 Å². The fourth-order valence-electron chi connectivity index (χ4n) is 1.46. The van der Waals surface area contributed by atoms with Crippen molar-refractivity contribution in [1.29, 1.82) is 0 Å². The van der Waals surface area contributed by atoms with Crippen LogP contribution in [0.1, 0.15) is 38.1 Å². The van der Waals surface area contributed by atoms with E-state index in [2.05, 4.69) is 22.4 Å². The van der Waals surface area contributed by atoms with Gasteiger partial charge in [-0.1, -0.05) is 13.3 Å². The molecule has 0 radical (unpaired) electrons. The summed E-state index contributed by atoms with van der Waals surface area (Å²) in [5.41, 5.74) is 5.45. The third-order valence-corrected chi connectivity index (χ3v) is 2.26. The molecule has 6 heteroatoms. The normalized spacial score (nSPS) is 13.0. The van der Waals surface area contributed by atoms with E-state index in [9.17, 15) is 0 Å². The predicted molar refractivity (Wildman–Crippen MR) is 56.1 cm³/mol. The van der Waals surface area contributed by atoms with Crippen molar-refractivity contribution < 1.29 is 4.74 Å². The molecule has 0 aromatic carbocycles. The smallest absolute Gasteiger partial charge is 0.180 e. The lowest BCUT2D eigenvalue weighted by molar-refractivity contribution is 0.0832. The van der Waals surface area contributed by atoms with Crippen LogP contribution in [0.2, 0.25) is 0 Å². The highest BCUT2D eigenvalue weighted by Gasteiger charge is 2.17. The molecule has 0 aliphatic carbocycles. The van der Waals surface area contributed by atoms with Crippen molar-refractivity contribution in [3.8, 4) is 0 Å². The van der Waals surface area contributed by atoms with Gasteiger partial charge in [-0.3, -0.25) is 0 Å². The molecule has 2 N–H and O–H groups in total. The standard InChI is InChI=1S/C9H19N5O/c1-3-5-8(15-2)9-11-12-13-14(9)7-4-6-10/h8H,3-7,10H2,1-2H3. The number of aryl methyl sites for hydroxylation is 1. The minimum absolute atomic E-state index is 0.0113. The summed E-state index contributed by atoms with van der Waals surface area (Å²) in [5.74, 6) is 0.799. The van der Waals surface area contributed by atoms with Gasteiger partial charge in [-0.05, 0) is 29.8 Å². The zero-order valence-corrected chi connectivity index (χ0v) is 9.39. The van der Waals surface area contributed by atoms with Gasteiger partial charge < -0.3 is 10.5 Å². The third kappa shape index (κ3) is 3.24. The summed E-state index contributed by atoms with van der Waals surface area (Å²) >= 11 is 0. The van der Waals surface area contributed by atoms with Gasteiger partial charge in [-0.25, -0.2) is 4.68 Å². The molecule has 15 heavy (non-hydrogen) atoms. The molecular weight excluding hydrogens is 194 g/mol. The number of tetrazole rings is 1.